The summed E-state index contributed by atoms with van der Waals surface area (Å²) in [5.74, 6) is -3.00. The maximum Gasteiger partial charge on any atom is 0.338 e. The van der Waals surface area contributed by atoms with E-state index in [0.717, 1.165) is 17.6 Å². The number of hydrogen-bond acceptors (Lipinski definition) is 7. The van der Waals surface area contributed by atoms with Crippen molar-refractivity contribution in [3.8, 4) is 0 Å². The number of aliphatic carboxylic acids is 1. The molecular formula is C30H48N2O6. The van der Waals surface area contributed by atoms with Gasteiger partial charge >= 0.3 is 17.9 Å². The number of nitrogens with one attached hydrogen (secondary N) is 1. The average Bonchev–Trinajstić information content (AvgIpc) is 2.88. The molecule has 3 rings (SSSR count). The summed E-state index contributed by atoms with van der Waals surface area (Å²) < 4.78 is 10.2. The number of nitrogens with two attached hydrogens (primary N) is 1. The SMILES string of the molecule is C1CCC(NC2CCCCC2)CC1.CC(C)(C)OC(=O)CCCC(N)(C(=O)O)C(=O)OCc1ccccc1. The topological polar surface area (TPSA) is 128 Å². The van der Waals surface area contributed by atoms with Gasteiger partial charge in [0.2, 0.25) is 5.54 Å². The summed E-state index contributed by atoms with van der Waals surface area (Å²) in [6.45, 7) is 5.13. The molecule has 0 amide bonds. The van der Waals surface area contributed by atoms with Gasteiger partial charge in [-0.25, -0.2) is 9.59 Å². The minimum absolute atomic E-state index is 0.0323. The summed E-state index contributed by atoms with van der Waals surface area (Å²) in [5.41, 5.74) is 3.63. The number of benzene rings is 1. The van der Waals surface area contributed by atoms with E-state index in [1.807, 2.05) is 6.07 Å². The number of ether oxygens (including phenoxy) is 2. The van der Waals surface area contributed by atoms with Crippen LogP contribution < -0.4 is 11.1 Å². The Balaban J connectivity index is 0.000000323. The van der Waals surface area contributed by atoms with Gasteiger partial charge in [0, 0.05) is 18.5 Å². The summed E-state index contributed by atoms with van der Waals surface area (Å²) in [6, 6.07) is 10.6. The van der Waals surface area contributed by atoms with Crippen LogP contribution in [0.25, 0.3) is 0 Å². The van der Waals surface area contributed by atoms with Gasteiger partial charge in [-0.2, -0.15) is 0 Å². The van der Waals surface area contributed by atoms with E-state index in [-0.39, 0.29) is 25.9 Å². The molecule has 8 heteroatoms. The highest BCUT2D eigenvalue weighted by molar-refractivity contribution is 6.03. The molecule has 2 aliphatic carbocycles. The smallest absolute Gasteiger partial charge is 0.338 e. The molecule has 2 aliphatic rings. The lowest BCUT2D eigenvalue weighted by Gasteiger charge is -2.30. The second-order valence-corrected chi connectivity index (χ2v) is 11.6. The number of carbonyl (C=O) groups is 3. The number of carbonyl (C=O) groups excluding carboxylic acids is 2. The summed E-state index contributed by atoms with van der Waals surface area (Å²) in [7, 11) is 0. The molecule has 1 atom stereocenters. The maximum atomic E-state index is 12.1. The van der Waals surface area contributed by atoms with Gasteiger partial charge in [-0.05, 0) is 64.9 Å². The Morgan fingerprint density at radius 3 is 1.92 bits per heavy atom. The third kappa shape index (κ3) is 11.9. The predicted molar refractivity (Wildman–Crippen MR) is 147 cm³/mol. The average molecular weight is 533 g/mol. The predicted octanol–water partition coefficient (Wildman–Crippen LogP) is 5.27. The van der Waals surface area contributed by atoms with Gasteiger partial charge in [0.15, 0.2) is 0 Å². The van der Waals surface area contributed by atoms with Crippen molar-refractivity contribution < 1.29 is 29.0 Å². The Bertz CT molecular complexity index is 841. The molecular weight excluding hydrogens is 484 g/mol. The van der Waals surface area contributed by atoms with E-state index in [1.165, 1.54) is 64.2 Å². The Hall–Kier alpha value is -2.45. The fraction of sp³-hybridized carbons (Fsp3) is 0.700. The summed E-state index contributed by atoms with van der Waals surface area (Å²) in [5, 5.41) is 13.2. The van der Waals surface area contributed by atoms with Crippen molar-refractivity contribution in [3.05, 3.63) is 35.9 Å². The lowest BCUT2D eigenvalue weighted by atomic mass is 9.91. The van der Waals surface area contributed by atoms with Gasteiger partial charge in [0.25, 0.3) is 0 Å². The van der Waals surface area contributed by atoms with Crippen molar-refractivity contribution in [1.82, 2.24) is 5.32 Å². The molecule has 1 unspecified atom stereocenters. The van der Waals surface area contributed by atoms with Crippen LogP contribution in [0.1, 0.15) is 110 Å². The Morgan fingerprint density at radius 1 is 0.921 bits per heavy atom. The van der Waals surface area contributed by atoms with E-state index >= 15 is 0 Å². The van der Waals surface area contributed by atoms with Crippen molar-refractivity contribution in [3.63, 3.8) is 0 Å². The highest BCUT2D eigenvalue weighted by Crippen LogP contribution is 2.22. The third-order valence-corrected chi connectivity index (χ3v) is 7.01. The van der Waals surface area contributed by atoms with Gasteiger partial charge in [-0.1, -0.05) is 68.9 Å². The van der Waals surface area contributed by atoms with Crippen LogP contribution in [0, 0.1) is 0 Å². The lowest BCUT2D eigenvalue weighted by Crippen LogP contribution is -2.55. The van der Waals surface area contributed by atoms with Crippen LogP contribution in [0.2, 0.25) is 0 Å². The second-order valence-electron chi connectivity index (χ2n) is 11.6. The Morgan fingerprint density at radius 2 is 1.45 bits per heavy atom. The van der Waals surface area contributed by atoms with Crippen LogP contribution in [0.5, 0.6) is 0 Å². The molecule has 0 saturated heterocycles. The monoisotopic (exact) mass is 532 g/mol. The summed E-state index contributed by atoms with van der Waals surface area (Å²) >= 11 is 0. The first-order chi connectivity index (χ1) is 18.0. The van der Waals surface area contributed by atoms with Gasteiger partial charge in [0.1, 0.15) is 12.2 Å². The fourth-order valence-corrected chi connectivity index (χ4v) is 4.92. The molecule has 214 valence electrons. The van der Waals surface area contributed by atoms with E-state index < -0.39 is 29.0 Å². The van der Waals surface area contributed by atoms with Crippen molar-refractivity contribution in [1.29, 1.82) is 0 Å². The lowest BCUT2D eigenvalue weighted by molar-refractivity contribution is -0.163. The fourth-order valence-electron chi connectivity index (χ4n) is 4.92. The Kier molecular flexibility index (Phi) is 13.2. The zero-order chi connectivity index (χ0) is 28.0. The molecule has 2 fully saturated rings. The minimum atomic E-state index is -2.20. The standard InChI is InChI=1S/C18H25NO6.C12H23N/c1-17(2,3)25-14(20)10-7-11-18(19,15(21)22)16(23)24-12-13-8-5-4-6-9-13;1-3-7-11(8-4-1)13-12-9-5-2-6-10-12/h4-6,8-9H,7,10-12,19H2,1-3H3,(H,21,22);11-13H,1-10H2. The number of carboxylic acids is 1. The normalized spacial score (nSPS) is 18.4. The molecule has 0 spiro atoms. The first kappa shape index (κ1) is 31.8. The Labute approximate surface area is 228 Å². The van der Waals surface area contributed by atoms with Crippen LogP contribution in [0.3, 0.4) is 0 Å². The molecule has 8 nitrogen and oxygen atoms in total. The zero-order valence-electron chi connectivity index (χ0n) is 23.5. The van der Waals surface area contributed by atoms with Crippen LogP contribution in [-0.4, -0.2) is 46.2 Å². The largest absolute Gasteiger partial charge is 0.479 e. The zero-order valence-corrected chi connectivity index (χ0v) is 23.5. The molecule has 1 aromatic rings. The van der Waals surface area contributed by atoms with Gasteiger partial charge < -0.3 is 25.6 Å². The molecule has 0 aliphatic heterocycles. The number of hydrogen-bond donors (Lipinski definition) is 3. The van der Waals surface area contributed by atoms with Crippen LogP contribution in [0.4, 0.5) is 0 Å². The number of rotatable bonds is 10. The quantitative estimate of drug-likeness (QED) is 0.275. The van der Waals surface area contributed by atoms with E-state index in [9.17, 15) is 19.5 Å². The molecule has 38 heavy (non-hydrogen) atoms. The van der Waals surface area contributed by atoms with Crippen molar-refractivity contribution in [2.24, 2.45) is 5.73 Å². The third-order valence-electron chi connectivity index (χ3n) is 7.01. The number of carboxylic acid groups (broad SMARTS) is 1. The molecule has 4 N–H and O–H groups in total. The van der Waals surface area contributed by atoms with Crippen molar-refractivity contribution >= 4 is 17.9 Å². The van der Waals surface area contributed by atoms with Crippen LogP contribution in [-0.2, 0) is 30.5 Å². The second kappa shape index (κ2) is 15.8. The van der Waals surface area contributed by atoms with E-state index in [2.05, 4.69) is 5.32 Å². The first-order valence-electron chi connectivity index (χ1n) is 14.2. The first-order valence-corrected chi connectivity index (χ1v) is 14.2. The highest BCUT2D eigenvalue weighted by atomic mass is 16.6. The van der Waals surface area contributed by atoms with Gasteiger partial charge in [0.05, 0.1) is 0 Å². The molecule has 2 saturated carbocycles. The highest BCUT2D eigenvalue weighted by Gasteiger charge is 2.43. The van der Waals surface area contributed by atoms with Gasteiger partial charge in [-0.3, -0.25) is 4.79 Å². The van der Waals surface area contributed by atoms with Crippen LogP contribution in [0.15, 0.2) is 30.3 Å². The van der Waals surface area contributed by atoms with E-state index in [1.54, 1.807) is 45.0 Å². The van der Waals surface area contributed by atoms with Crippen molar-refractivity contribution in [2.45, 2.75) is 134 Å². The molecule has 0 heterocycles. The van der Waals surface area contributed by atoms with Crippen LogP contribution >= 0.6 is 0 Å². The number of esters is 2. The maximum absolute atomic E-state index is 12.1. The van der Waals surface area contributed by atoms with E-state index in [4.69, 9.17) is 15.2 Å². The molecule has 1 aromatic carbocycles. The van der Waals surface area contributed by atoms with Gasteiger partial charge in [-0.15, -0.1) is 0 Å². The van der Waals surface area contributed by atoms with E-state index in [0.29, 0.717) is 0 Å². The molecule has 0 aromatic heterocycles. The molecule has 0 radical (unpaired) electrons. The molecule has 0 bridgehead atoms. The summed E-state index contributed by atoms with van der Waals surface area (Å²) in [6.07, 6.45) is 14.4. The van der Waals surface area contributed by atoms with Crippen molar-refractivity contribution in [2.75, 3.05) is 0 Å². The summed E-state index contributed by atoms with van der Waals surface area (Å²) in [4.78, 5) is 35.2. The minimum Gasteiger partial charge on any atom is -0.479 e.